The van der Waals surface area contributed by atoms with E-state index in [9.17, 15) is 4.79 Å². The minimum Gasteiger partial charge on any atom is -0.381 e. The largest absolute Gasteiger partial charge is 0.381 e. The van der Waals surface area contributed by atoms with Crippen molar-refractivity contribution in [3.63, 3.8) is 0 Å². The van der Waals surface area contributed by atoms with Crippen LogP contribution in [0, 0.1) is 0 Å². The monoisotopic (exact) mass is 273 g/mol. The molecule has 0 aromatic carbocycles. The highest BCUT2D eigenvalue weighted by atomic mass is 16.5. The summed E-state index contributed by atoms with van der Waals surface area (Å²) in [5.41, 5.74) is 5.48. The lowest BCUT2D eigenvalue weighted by atomic mass is 10.1. The molecule has 114 valence electrons. The molecule has 0 heterocycles. The first-order valence-electron chi connectivity index (χ1n) is 7.62. The number of hydrogen-bond donors (Lipinski definition) is 1. The molecule has 4 nitrogen and oxygen atoms in total. The number of unbranched alkanes of at least 4 members (excludes halogenated alkanes) is 3. The van der Waals surface area contributed by atoms with Gasteiger partial charge in [-0.05, 0) is 39.0 Å². The smallest absolute Gasteiger partial charge is 0.149 e. The molecule has 0 spiro atoms. The van der Waals surface area contributed by atoms with Gasteiger partial charge in [-0.25, -0.2) is 0 Å². The topological polar surface area (TPSA) is 61.5 Å². The number of hydrogen-bond acceptors (Lipinski definition) is 4. The van der Waals surface area contributed by atoms with Gasteiger partial charge in [0.15, 0.2) is 0 Å². The van der Waals surface area contributed by atoms with Gasteiger partial charge in [0.05, 0.1) is 6.04 Å². The summed E-state index contributed by atoms with van der Waals surface area (Å²) in [5, 5.41) is 0. The average molecular weight is 273 g/mol. The summed E-state index contributed by atoms with van der Waals surface area (Å²) in [6.45, 7) is 7.15. The minimum atomic E-state index is -0.325. The van der Waals surface area contributed by atoms with Crippen molar-refractivity contribution in [3.05, 3.63) is 0 Å². The fourth-order valence-corrected chi connectivity index (χ4v) is 1.59. The van der Waals surface area contributed by atoms with Crippen LogP contribution < -0.4 is 5.73 Å². The van der Waals surface area contributed by atoms with E-state index >= 15 is 0 Å². The lowest BCUT2D eigenvalue weighted by Crippen LogP contribution is -2.26. The molecule has 0 rings (SSSR count). The zero-order chi connectivity index (χ0) is 14.3. The van der Waals surface area contributed by atoms with Crippen LogP contribution in [0.1, 0.15) is 58.8 Å². The molecule has 0 aliphatic carbocycles. The maximum Gasteiger partial charge on any atom is 0.149 e. The standard InChI is InChI=1S/C15H31NO3/c1-3-4-10-18-12-7-8-13-19-11-6-5-9-15(17)14(2)16/h14H,3-13,16H2,1-2H3. The molecular formula is C15H31NO3. The Balaban J connectivity index is 3.05. The summed E-state index contributed by atoms with van der Waals surface area (Å²) in [7, 11) is 0. The molecule has 4 heteroatoms. The van der Waals surface area contributed by atoms with E-state index in [0.717, 1.165) is 58.5 Å². The van der Waals surface area contributed by atoms with Crippen LogP contribution in [0.15, 0.2) is 0 Å². The van der Waals surface area contributed by atoms with Crippen molar-refractivity contribution in [3.8, 4) is 0 Å². The van der Waals surface area contributed by atoms with E-state index in [1.54, 1.807) is 6.92 Å². The summed E-state index contributed by atoms with van der Waals surface area (Å²) in [5.74, 6) is 0.143. The van der Waals surface area contributed by atoms with E-state index < -0.39 is 0 Å². The first kappa shape index (κ1) is 18.6. The van der Waals surface area contributed by atoms with Crippen molar-refractivity contribution in [2.45, 2.75) is 64.8 Å². The number of Topliss-reactive ketones (excluding diaryl/α,β-unsaturated/α-hetero) is 1. The van der Waals surface area contributed by atoms with Crippen molar-refractivity contribution in [1.29, 1.82) is 0 Å². The highest BCUT2D eigenvalue weighted by Crippen LogP contribution is 2.00. The molecule has 0 aliphatic rings. The van der Waals surface area contributed by atoms with Crippen LogP contribution in [0.25, 0.3) is 0 Å². The lowest BCUT2D eigenvalue weighted by Gasteiger charge is -2.06. The SMILES string of the molecule is CCCCOCCCCOCCCCC(=O)C(C)N. The molecule has 0 saturated heterocycles. The molecule has 1 atom stereocenters. The Morgan fingerprint density at radius 1 is 0.947 bits per heavy atom. The first-order valence-corrected chi connectivity index (χ1v) is 7.62. The Bertz CT molecular complexity index is 208. The molecule has 0 aromatic heterocycles. The van der Waals surface area contributed by atoms with Crippen molar-refractivity contribution in [2.24, 2.45) is 5.73 Å². The number of ether oxygens (including phenoxy) is 2. The number of carbonyl (C=O) groups excluding carboxylic acids is 1. The van der Waals surface area contributed by atoms with Gasteiger partial charge in [-0.15, -0.1) is 0 Å². The molecule has 0 aromatic rings. The summed E-state index contributed by atoms with van der Waals surface area (Å²) < 4.78 is 11.0. The Hall–Kier alpha value is -0.450. The summed E-state index contributed by atoms with van der Waals surface area (Å²) in [6.07, 6.45) is 6.83. The molecule has 1 unspecified atom stereocenters. The zero-order valence-corrected chi connectivity index (χ0v) is 12.7. The normalized spacial score (nSPS) is 12.6. The van der Waals surface area contributed by atoms with Crippen molar-refractivity contribution in [1.82, 2.24) is 0 Å². The summed E-state index contributed by atoms with van der Waals surface area (Å²) in [4.78, 5) is 11.2. The summed E-state index contributed by atoms with van der Waals surface area (Å²) >= 11 is 0. The quantitative estimate of drug-likeness (QED) is 0.494. The predicted molar refractivity (Wildman–Crippen MR) is 78.3 cm³/mol. The predicted octanol–water partition coefficient (Wildman–Crippen LogP) is 2.69. The third-order valence-electron chi connectivity index (χ3n) is 2.94. The molecule has 0 fully saturated rings. The Kier molecular flexibility index (Phi) is 13.6. The fraction of sp³-hybridized carbons (Fsp3) is 0.933. The van der Waals surface area contributed by atoms with Crippen LogP contribution in [0.2, 0.25) is 0 Å². The van der Waals surface area contributed by atoms with E-state index in [1.807, 2.05) is 0 Å². The number of rotatable bonds is 14. The van der Waals surface area contributed by atoms with Crippen molar-refractivity contribution in [2.75, 3.05) is 26.4 Å². The molecule has 0 amide bonds. The van der Waals surface area contributed by atoms with E-state index in [4.69, 9.17) is 15.2 Å². The van der Waals surface area contributed by atoms with Gasteiger partial charge in [0.25, 0.3) is 0 Å². The van der Waals surface area contributed by atoms with Gasteiger partial charge in [-0.1, -0.05) is 13.3 Å². The second-order valence-electron chi connectivity index (χ2n) is 5.00. The number of nitrogens with two attached hydrogens (primary N) is 1. The van der Waals surface area contributed by atoms with Gasteiger partial charge in [0.2, 0.25) is 0 Å². The van der Waals surface area contributed by atoms with Gasteiger partial charge in [-0.3, -0.25) is 4.79 Å². The van der Waals surface area contributed by atoms with Crippen LogP contribution >= 0.6 is 0 Å². The van der Waals surface area contributed by atoms with Gasteiger partial charge in [-0.2, -0.15) is 0 Å². The molecular weight excluding hydrogens is 242 g/mol. The minimum absolute atomic E-state index is 0.143. The summed E-state index contributed by atoms with van der Waals surface area (Å²) in [6, 6.07) is -0.325. The Morgan fingerprint density at radius 2 is 1.42 bits per heavy atom. The van der Waals surface area contributed by atoms with E-state index in [-0.39, 0.29) is 11.8 Å². The molecule has 0 radical (unpaired) electrons. The van der Waals surface area contributed by atoms with E-state index in [0.29, 0.717) is 6.42 Å². The maximum absolute atomic E-state index is 11.2. The number of ketones is 1. The highest BCUT2D eigenvalue weighted by Gasteiger charge is 2.06. The van der Waals surface area contributed by atoms with Crippen LogP contribution in [0.5, 0.6) is 0 Å². The third-order valence-corrected chi connectivity index (χ3v) is 2.94. The first-order chi connectivity index (χ1) is 9.18. The second kappa shape index (κ2) is 14.0. The lowest BCUT2D eigenvalue weighted by molar-refractivity contribution is -0.120. The molecule has 0 bridgehead atoms. The maximum atomic E-state index is 11.2. The van der Waals surface area contributed by atoms with Gasteiger partial charge < -0.3 is 15.2 Å². The third kappa shape index (κ3) is 13.8. The molecule has 0 aliphatic heterocycles. The van der Waals surface area contributed by atoms with Crippen LogP contribution in [0.3, 0.4) is 0 Å². The zero-order valence-electron chi connectivity index (χ0n) is 12.7. The van der Waals surface area contributed by atoms with Crippen LogP contribution in [-0.2, 0) is 14.3 Å². The highest BCUT2D eigenvalue weighted by molar-refractivity contribution is 5.83. The van der Waals surface area contributed by atoms with Crippen LogP contribution in [-0.4, -0.2) is 38.3 Å². The molecule has 19 heavy (non-hydrogen) atoms. The van der Waals surface area contributed by atoms with Crippen molar-refractivity contribution >= 4 is 5.78 Å². The molecule has 2 N–H and O–H groups in total. The Labute approximate surface area is 118 Å². The second-order valence-corrected chi connectivity index (χ2v) is 5.00. The average Bonchev–Trinajstić information content (AvgIpc) is 2.39. The van der Waals surface area contributed by atoms with E-state index in [2.05, 4.69) is 6.92 Å². The Morgan fingerprint density at radius 3 is 1.89 bits per heavy atom. The van der Waals surface area contributed by atoms with E-state index in [1.165, 1.54) is 6.42 Å². The van der Waals surface area contributed by atoms with Gasteiger partial charge >= 0.3 is 0 Å². The van der Waals surface area contributed by atoms with Gasteiger partial charge in [0, 0.05) is 32.8 Å². The molecule has 0 saturated carbocycles. The number of carbonyl (C=O) groups is 1. The van der Waals surface area contributed by atoms with Gasteiger partial charge in [0.1, 0.15) is 5.78 Å². The fourth-order valence-electron chi connectivity index (χ4n) is 1.59. The van der Waals surface area contributed by atoms with Crippen molar-refractivity contribution < 1.29 is 14.3 Å². The van der Waals surface area contributed by atoms with Crippen LogP contribution in [0.4, 0.5) is 0 Å².